The van der Waals surface area contributed by atoms with Crippen molar-refractivity contribution in [3.63, 3.8) is 0 Å². The molecule has 0 aliphatic carbocycles. The van der Waals surface area contributed by atoms with Crippen LogP contribution in [0.1, 0.15) is 43.2 Å². The third-order valence-electron chi connectivity index (χ3n) is 7.27. The molecule has 2 aliphatic rings. The number of carbonyl (C=O) groups is 2. The second-order valence-corrected chi connectivity index (χ2v) is 11.4. The summed E-state index contributed by atoms with van der Waals surface area (Å²) in [5, 5.41) is 9.68. The number of nitrogens with zero attached hydrogens (tertiary/aromatic N) is 2. The van der Waals surface area contributed by atoms with E-state index in [1.54, 1.807) is 24.3 Å². The molecule has 1 N–H and O–H groups in total. The fraction of sp³-hybridized carbons (Fsp3) is 0.310. The maximum atomic E-state index is 13.5. The summed E-state index contributed by atoms with van der Waals surface area (Å²) in [6.07, 6.45) is 3.03. The van der Waals surface area contributed by atoms with Gasteiger partial charge in [-0.3, -0.25) is 9.10 Å². The molecule has 9 heteroatoms. The Morgan fingerprint density at radius 3 is 2.26 bits per heavy atom. The monoisotopic (exact) mass is 534 g/mol. The fourth-order valence-electron chi connectivity index (χ4n) is 5.25. The summed E-state index contributed by atoms with van der Waals surface area (Å²) in [7, 11) is -4.16. The highest BCUT2D eigenvalue weighted by molar-refractivity contribution is 7.93. The first-order chi connectivity index (χ1) is 18.3. The van der Waals surface area contributed by atoms with Crippen LogP contribution in [0.3, 0.4) is 0 Å². The molecule has 0 amide bonds. The van der Waals surface area contributed by atoms with Gasteiger partial charge in [0.05, 0.1) is 16.5 Å². The summed E-state index contributed by atoms with van der Waals surface area (Å²) < 4.78 is 33.5. The standard InChI is InChI=1S/C29H30N2O6S/c1-2-25(20-9-11-22(12-10-20)30-17-5-6-18-30)29(34)37-23-13-15-24(16-14-23)38(35,36)31-26-8-4-3-7-21(26)19-27(31)28(32)33/h3-4,7-16,25,27H,2,5-6,17-19H2,1H3,(H,32,33)/t25?,27-/m0/s1. The minimum atomic E-state index is -4.16. The summed E-state index contributed by atoms with van der Waals surface area (Å²) in [5.41, 5.74) is 3.04. The summed E-state index contributed by atoms with van der Waals surface area (Å²) >= 11 is 0. The molecular weight excluding hydrogens is 504 g/mol. The van der Waals surface area contributed by atoms with Gasteiger partial charge in [-0.1, -0.05) is 37.3 Å². The molecule has 0 spiro atoms. The molecule has 0 aromatic heterocycles. The predicted molar refractivity (Wildman–Crippen MR) is 144 cm³/mol. The molecular formula is C29H30N2O6S. The van der Waals surface area contributed by atoms with Gasteiger partial charge in [0.25, 0.3) is 10.0 Å². The van der Waals surface area contributed by atoms with E-state index in [1.165, 1.54) is 37.1 Å². The third-order valence-corrected chi connectivity index (χ3v) is 9.11. The highest BCUT2D eigenvalue weighted by Crippen LogP contribution is 2.37. The summed E-state index contributed by atoms with van der Waals surface area (Å²) in [6.45, 7) is 4.01. The van der Waals surface area contributed by atoms with E-state index in [1.807, 2.05) is 31.2 Å². The van der Waals surface area contributed by atoms with E-state index in [9.17, 15) is 23.1 Å². The molecule has 2 atom stereocenters. The first-order valence-corrected chi connectivity index (χ1v) is 14.3. The molecule has 0 saturated carbocycles. The van der Waals surface area contributed by atoms with Crippen molar-refractivity contribution in [2.75, 3.05) is 22.3 Å². The van der Waals surface area contributed by atoms with Crippen LogP contribution in [0.2, 0.25) is 0 Å². The molecule has 1 fully saturated rings. The molecule has 0 bridgehead atoms. The van der Waals surface area contributed by atoms with Crippen molar-refractivity contribution in [1.29, 1.82) is 0 Å². The zero-order valence-corrected chi connectivity index (χ0v) is 21.9. The summed E-state index contributed by atoms with van der Waals surface area (Å²) in [6, 6.07) is 19.1. The lowest BCUT2D eigenvalue weighted by Crippen LogP contribution is -2.42. The zero-order chi connectivity index (χ0) is 26.9. The van der Waals surface area contributed by atoms with Crippen LogP contribution in [-0.4, -0.2) is 44.6 Å². The van der Waals surface area contributed by atoms with E-state index in [0.717, 1.165) is 28.6 Å². The molecule has 1 unspecified atom stereocenters. The lowest BCUT2D eigenvalue weighted by Gasteiger charge is -2.24. The van der Waals surface area contributed by atoms with Gasteiger partial charge >= 0.3 is 11.9 Å². The first-order valence-electron chi connectivity index (χ1n) is 12.8. The van der Waals surface area contributed by atoms with Crippen LogP contribution in [0.15, 0.2) is 77.7 Å². The molecule has 38 heavy (non-hydrogen) atoms. The number of hydrogen-bond acceptors (Lipinski definition) is 6. The Morgan fingerprint density at radius 1 is 0.974 bits per heavy atom. The largest absolute Gasteiger partial charge is 0.480 e. The molecule has 8 nitrogen and oxygen atoms in total. The van der Waals surface area contributed by atoms with Crippen LogP contribution in [0.4, 0.5) is 11.4 Å². The number of para-hydroxylation sites is 1. The van der Waals surface area contributed by atoms with Gasteiger partial charge in [-0.15, -0.1) is 0 Å². The van der Waals surface area contributed by atoms with Crippen LogP contribution in [0.25, 0.3) is 0 Å². The van der Waals surface area contributed by atoms with Gasteiger partial charge in [-0.05, 0) is 72.9 Å². The average molecular weight is 535 g/mol. The fourth-order valence-corrected chi connectivity index (χ4v) is 6.90. The lowest BCUT2D eigenvalue weighted by molar-refractivity contribution is -0.138. The number of esters is 1. The average Bonchev–Trinajstić information content (AvgIpc) is 3.59. The zero-order valence-electron chi connectivity index (χ0n) is 21.1. The van der Waals surface area contributed by atoms with Gasteiger partial charge < -0.3 is 14.7 Å². The molecule has 3 aromatic rings. The van der Waals surface area contributed by atoms with E-state index < -0.39 is 33.9 Å². The number of fused-ring (bicyclic) bond motifs is 1. The normalized spacial score (nSPS) is 17.8. The van der Waals surface area contributed by atoms with E-state index in [4.69, 9.17) is 4.74 Å². The number of aliphatic carboxylic acids is 1. The smallest absolute Gasteiger partial charge is 0.327 e. The quantitative estimate of drug-likeness (QED) is 0.333. The van der Waals surface area contributed by atoms with Gasteiger partial charge in [-0.25, -0.2) is 13.2 Å². The molecule has 198 valence electrons. The SMILES string of the molecule is CCC(C(=O)Oc1ccc(S(=O)(=O)N2c3ccccc3C[C@H]2C(=O)O)cc1)c1ccc(N2CCCC2)cc1. The van der Waals surface area contributed by atoms with E-state index in [0.29, 0.717) is 17.7 Å². The minimum Gasteiger partial charge on any atom is -0.480 e. The highest BCUT2D eigenvalue weighted by atomic mass is 32.2. The summed E-state index contributed by atoms with van der Waals surface area (Å²) in [5.74, 6) is -1.87. The summed E-state index contributed by atoms with van der Waals surface area (Å²) in [4.78, 5) is 27.1. The number of ether oxygens (including phenoxy) is 1. The molecule has 2 heterocycles. The Bertz CT molecular complexity index is 1430. The lowest BCUT2D eigenvalue weighted by atomic mass is 9.96. The van der Waals surface area contributed by atoms with Crippen molar-refractivity contribution in [2.45, 2.75) is 49.5 Å². The van der Waals surface area contributed by atoms with Crippen molar-refractivity contribution < 1.29 is 27.9 Å². The Kier molecular flexibility index (Phi) is 7.12. The molecule has 3 aromatic carbocycles. The second kappa shape index (κ2) is 10.5. The highest BCUT2D eigenvalue weighted by Gasteiger charge is 2.42. The third kappa shape index (κ3) is 4.86. The van der Waals surface area contributed by atoms with Crippen molar-refractivity contribution in [3.8, 4) is 5.75 Å². The number of benzene rings is 3. The number of sulfonamides is 1. The molecule has 2 aliphatic heterocycles. The van der Waals surface area contributed by atoms with Crippen molar-refractivity contribution in [3.05, 3.63) is 83.9 Å². The van der Waals surface area contributed by atoms with Crippen molar-refractivity contribution in [2.24, 2.45) is 0 Å². The Hall–Kier alpha value is -3.85. The number of carboxylic acids is 1. The van der Waals surface area contributed by atoms with Crippen molar-refractivity contribution in [1.82, 2.24) is 0 Å². The second-order valence-electron chi connectivity index (χ2n) is 9.63. The van der Waals surface area contributed by atoms with Gasteiger partial charge in [0, 0.05) is 25.2 Å². The maximum Gasteiger partial charge on any atom is 0.327 e. The van der Waals surface area contributed by atoms with Gasteiger partial charge in [0.2, 0.25) is 0 Å². The number of carbonyl (C=O) groups excluding carboxylic acids is 1. The Balaban J connectivity index is 1.31. The maximum absolute atomic E-state index is 13.5. The molecule has 1 saturated heterocycles. The molecule has 5 rings (SSSR count). The van der Waals surface area contributed by atoms with Gasteiger partial charge in [0.15, 0.2) is 0 Å². The van der Waals surface area contributed by atoms with Crippen molar-refractivity contribution >= 4 is 33.3 Å². The number of rotatable bonds is 8. The Morgan fingerprint density at radius 2 is 1.63 bits per heavy atom. The molecule has 0 radical (unpaired) electrons. The number of anilines is 2. The Labute approximate surface area is 222 Å². The topological polar surface area (TPSA) is 104 Å². The minimum absolute atomic E-state index is 0.0789. The number of carboxylic acid groups (broad SMARTS) is 1. The van der Waals surface area contributed by atoms with Crippen LogP contribution in [-0.2, 0) is 26.0 Å². The predicted octanol–water partition coefficient (Wildman–Crippen LogP) is 4.59. The van der Waals surface area contributed by atoms with Gasteiger partial charge in [-0.2, -0.15) is 0 Å². The number of hydrogen-bond donors (Lipinski definition) is 1. The van der Waals surface area contributed by atoms with E-state index in [-0.39, 0.29) is 17.1 Å². The van der Waals surface area contributed by atoms with Gasteiger partial charge in [0.1, 0.15) is 11.8 Å². The van der Waals surface area contributed by atoms with Crippen LogP contribution in [0.5, 0.6) is 5.75 Å². The van der Waals surface area contributed by atoms with E-state index in [2.05, 4.69) is 4.90 Å². The first kappa shape index (κ1) is 25.8. The van der Waals surface area contributed by atoms with Crippen LogP contribution in [0, 0.1) is 0 Å². The van der Waals surface area contributed by atoms with Crippen LogP contribution >= 0.6 is 0 Å². The van der Waals surface area contributed by atoms with E-state index >= 15 is 0 Å². The van der Waals surface area contributed by atoms with Crippen LogP contribution < -0.4 is 13.9 Å².